The molecule has 0 bridgehead atoms. The van der Waals surface area contributed by atoms with E-state index in [1.165, 1.54) is 13.8 Å². The van der Waals surface area contributed by atoms with Gasteiger partial charge in [-0.15, -0.1) is 0 Å². The van der Waals surface area contributed by atoms with Gasteiger partial charge in [-0.3, -0.25) is 29.8 Å². The highest BCUT2D eigenvalue weighted by Crippen LogP contribution is 2.34. The third-order valence-corrected chi connectivity index (χ3v) is 4.36. The van der Waals surface area contributed by atoms with Crippen LogP contribution < -0.4 is 9.47 Å². The molecular formula is C21H20N2O11. The van der Waals surface area contributed by atoms with Crippen LogP contribution in [0.5, 0.6) is 11.5 Å². The van der Waals surface area contributed by atoms with Crippen molar-refractivity contribution in [2.45, 2.75) is 39.9 Å². The minimum atomic E-state index is -1.30. The van der Waals surface area contributed by atoms with Gasteiger partial charge < -0.3 is 18.9 Å². The first kappa shape index (κ1) is 25.7. The molecule has 0 saturated carbocycles. The molecule has 0 aromatic heterocycles. The highest BCUT2D eigenvalue weighted by atomic mass is 16.7. The van der Waals surface area contributed by atoms with Crippen LogP contribution in [0.3, 0.4) is 0 Å². The summed E-state index contributed by atoms with van der Waals surface area (Å²) in [6.45, 7) is 5.13. The fourth-order valence-electron chi connectivity index (χ4n) is 2.95. The summed E-state index contributed by atoms with van der Waals surface area (Å²) in [5.74, 6) is -1.69. The number of carbonyl (C=O) groups is 3. The molecule has 13 heteroatoms. The van der Waals surface area contributed by atoms with Gasteiger partial charge in [0, 0.05) is 49.2 Å². The van der Waals surface area contributed by atoms with Crippen molar-refractivity contribution in [2.75, 3.05) is 0 Å². The molecule has 180 valence electrons. The Bertz CT molecular complexity index is 1060. The maximum atomic E-state index is 12.5. The number of esters is 2. The van der Waals surface area contributed by atoms with Crippen molar-refractivity contribution in [3.05, 3.63) is 67.8 Å². The second kappa shape index (κ2) is 10.8. The molecule has 13 nitrogen and oxygen atoms in total. The summed E-state index contributed by atoms with van der Waals surface area (Å²) in [7, 11) is 0. The molecular weight excluding hydrogens is 456 g/mol. The lowest BCUT2D eigenvalue weighted by Gasteiger charge is -2.17. The van der Waals surface area contributed by atoms with Crippen LogP contribution in [0, 0.1) is 20.2 Å². The molecule has 0 radical (unpaired) electrons. The van der Waals surface area contributed by atoms with E-state index in [9.17, 15) is 34.6 Å². The average Bonchev–Trinajstić information content (AvgIpc) is 2.72. The van der Waals surface area contributed by atoms with E-state index in [2.05, 4.69) is 0 Å². The van der Waals surface area contributed by atoms with Gasteiger partial charge >= 0.3 is 18.1 Å². The molecule has 0 heterocycles. The van der Waals surface area contributed by atoms with Crippen LogP contribution >= 0.6 is 0 Å². The number of nitro groups is 2. The van der Waals surface area contributed by atoms with Crippen molar-refractivity contribution in [1.29, 1.82) is 0 Å². The largest absolute Gasteiger partial charge is 0.519 e. The molecule has 2 atom stereocenters. The maximum Gasteiger partial charge on any atom is 0.519 e. The van der Waals surface area contributed by atoms with Crippen LogP contribution in [0.2, 0.25) is 0 Å². The van der Waals surface area contributed by atoms with Crippen LogP contribution in [0.25, 0.3) is 0 Å². The van der Waals surface area contributed by atoms with E-state index in [-0.39, 0.29) is 34.0 Å². The fraction of sp³-hybridized carbons (Fsp3) is 0.286. The van der Waals surface area contributed by atoms with Crippen LogP contribution in [0.1, 0.15) is 51.0 Å². The zero-order chi connectivity index (χ0) is 25.6. The van der Waals surface area contributed by atoms with Gasteiger partial charge in [0.25, 0.3) is 11.4 Å². The lowest BCUT2D eigenvalue weighted by molar-refractivity contribution is -0.385. The number of hydrogen-bond donors (Lipinski definition) is 0. The minimum absolute atomic E-state index is 0.0264. The van der Waals surface area contributed by atoms with Gasteiger partial charge in [-0.25, -0.2) is 4.79 Å². The summed E-state index contributed by atoms with van der Waals surface area (Å²) in [4.78, 5) is 56.0. The Morgan fingerprint density at radius 1 is 0.735 bits per heavy atom. The van der Waals surface area contributed by atoms with Crippen molar-refractivity contribution in [3.63, 3.8) is 0 Å². The van der Waals surface area contributed by atoms with Gasteiger partial charge in [0.1, 0.15) is 23.7 Å². The second-order valence-electron chi connectivity index (χ2n) is 6.92. The van der Waals surface area contributed by atoms with E-state index >= 15 is 0 Å². The molecule has 2 aromatic carbocycles. The van der Waals surface area contributed by atoms with Crippen LogP contribution in [-0.4, -0.2) is 27.9 Å². The van der Waals surface area contributed by atoms with E-state index in [0.717, 1.165) is 50.2 Å². The highest BCUT2D eigenvalue weighted by molar-refractivity contribution is 5.70. The molecule has 0 N–H and O–H groups in total. The molecule has 0 aliphatic heterocycles. The maximum absolute atomic E-state index is 12.5. The number of non-ortho nitro benzene ring substituents is 2. The number of benzene rings is 2. The summed E-state index contributed by atoms with van der Waals surface area (Å²) < 4.78 is 20.4. The quantitative estimate of drug-likeness (QED) is 0.229. The number of nitrogens with zero attached hydrogens (tertiary/aromatic N) is 2. The summed E-state index contributed by atoms with van der Waals surface area (Å²) >= 11 is 0. The van der Waals surface area contributed by atoms with Gasteiger partial charge in [-0.2, -0.15) is 0 Å². The third-order valence-electron chi connectivity index (χ3n) is 4.36. The summed E-state index contributed by atoms with van der Waals surface area (Å²) in [6.07, 6.45) is -3.30. The zero-order valence-corrected chi connectivity index (χ0v) is 18.5. The standard InChI is InChI=1S/C21H20N2O11/c1-11(31-13(3)24)17-9-15(22(27)28)5-7-19(17)33-21(26)34-20-8-6-16(23(29)30)10-18(20)12(2)32-14(4)25/h5-12H,1-4H3. The SMILES string of the molecule is CC(=O)OC(C)c1cc([N+](=O)[O-])ccc1OC(=O)Oc1ccc([N+](=O)[O-])cc1C(C)OC(C)=O. The topological polar surface area (TPSA) is 174 Å². The third kappa shape index (κ3) is 6.72. The van der Waals surface area contributed by atoms with Crippen molar-refractivity contribution < 1.29 is 43.2 Å². The van der Waals surface area contributed by atoms with E-state index in [1.54, 1.807) is 0 Å². The number of hydrogen-bond acceptors (Lipinski definition) is 11. The van der Waals surface area contributed by atoms with E-state index in [0.29, 0.717) is 0 Å². The average molecular weight is 476 g/mol. The van der Waals surface area contributed by atoms with Gasteiger partial charge in [-0.1, -0.05) is 0 Å². The van der Waals surface area contributed by atoms with Gasteiger partial charge in [0.15, 0.2) is 0 Å². The molecule has 2 unspecified atom stereocenters. The molecule has 0 fully saturated rings. The molecule has 0 aliphatic carbocycles. The number of ether oxygens (including phenoxy) is 4. The van der Waals surface area contributed by atoms with Gasteiger partial charge in [0.05, 0.1) is 9.85 Å². The first-order valence-electron chi connectivity index (χ1n) is 9.69. The van der Waals surface area contributed by atoms with Crippen molar-refractivity contribution in [1.82, 2.24) is 0 Å². The predicted octanol–water partition coefficient (Wildman–Crippen LogP) is 4.33. The summed E-state index contributed by atoms with van der Waals surface area (Å²) in [6, 6.07) is 6.58. The first-order chi connectivity index (χ1) is 15.9. The summed E-state index contributed by atoms with van der Waals surface area (Å²) in [5, 5.41) is 22.2. The number of nitro benzene ring substituents is 2. The zero-order valence-electron chi connectivity index (χ0n) is 18.5. The van der Waals surface area contributed by atoms with E-state index < -0.39 is 40.1 Å². The lowest BCUT2D eigenvalue weighted by Crippen LogP contribution is -2.18. The Morgan fingerprint density at radius 3 is 1.38 bits per heavy atom. The van der Waals surface area contributed by atoms with Gasteiger partial charge in [-0.05, 0) is 26.0 Å². The van der Waals surface area contributed by atoms with E-state index in [1.807, 2.05) is 0 Å². The van der Waals surface area contributed by atoms with Crippen molar-refractivity contribution >= 4 is 29.5 Å². The smallest absolute Gasteiger partial charge is 0.458 e. The molecule has 0 saturated heterocycles. The first-order valence-corrected chi connectivity index (χ1v) is 9.69. The van der Waals surface area contributed by atoms with Crippen molar-refractivity contribution in [2.24, 2.45) is 0 Å². The molecule has 34 heavy (non-hydrogen) atoms. The predicted molar refractivity (Wildman–Crippen MR) is 113 cm³/mol. The number of carbonyl (C=O) groups excluding carboxylic acids is 3. The molecule has 0 aliphatic rings. The van der Waals surface area contributed by atoms with Gasteiger partial charge in [0.2, 0.25) is 0 Å². The molecule has 2 rings (SSSR count). The van der Waals surface area contributed by atoms with Crippen LogP contribution in [-0.2, 0) is 19.1 Å². The second-order valence-corrected chi connectivity index (χ2v) is 6.92. The Hall–Kier alpha value is -4.55. The Kier molecular flexibility index (Phi) is 8.20. The minimum Gasteiger partial charge on any atom is -0.458 e. The fourth-order valence-corrected chi connectivity index (χ4v) is 2.95. The monoisotopic (exact) mass is 476 g/mol. The summed E-state index contributed by atoms with van der Waals surface area (Å²) in [5.41, 5.74) is -0.609. The molecule has 0 amide bonds. The van der Waals surface area contributed by atoms with Crippen molar-refractivity contribution in [3.8, 4) is 11.5 Å². The van der Waals surface area contributed by atoms with Crippen LogP contribution in [0.15, 0.2) is 36.4 Å². The Labute approximate surface area is 192 Å². The number of rotatable bonds is 8. The Morgan fingerprint density at radius 2 is 1.09 bits per heavy atom. The molecule has 2 aromatic rings. The lowest BCUT2D eigenvalue weighted by atomic mass is 10.1. The van der Waals surface area contributed by atoms with Crippen LogP contribution in [0.4, 0.5) is 16.2 Å². The highest BCUT2D eigenvalue weighted by Gasteiger charge is 2.24. The molecule has 0 spiro atoms. The Balaban J connectivity index is 2.36. The van der Waals surface area contributed by atoms with E-state index in [4.69, 9.17) is 18.9 Å². The normalized spacial score (nSPS) is 12.1.